The average molecular weight is 493 g/mol. The Morgan fingerprint density at radius 3 is 2.29 bits per heavy atom. The molecule has 5 rings (SSSR count). The molecule has 1 aromatic heterocycles. The summed E-state index contributed by atoms with van der Waals surface area (Å²) in [4.78, 5) is 2.00. The fraction of sp³-hybridized carbons (Fsp3) is 0.231. The Kier molecular flexibility index (Phi) is 5.35. The highest BCUT2D eigenvalue weighted by atomic mass is 32.2. The maximum atomic E-state index is 12.0. The van der Waals surface area contributed by atoms with Crippen molar-refractivity contribution in [3.63, 3.8) is 0 Å². The van der Waals surface area contributed by atoms with Crippen LogP contribution in [-0.2, 0) is 23.6 Å². The van der Waals surface area contributed by atoms with E-state index in [1.165, 1.54) is 9.71 Å². The zero-order valence-corrected chi connectivity index (χ0v) is 21.4. The van der Waals surface area contributed by atoms with E-state index in [4.69, 9.17) is 0 Å². The summed E-state index contributed by atoms with van der Waals surface area (Å²) in [7, 11) is 3.49. The largest absolute Gasteiger partial charge is 0.744 e. The summed E-state index contributed by atoms with van der Waals surface area (Å²) in [5, 5.41) is 1.17. The first-order chi connectivity index (χ1) is 16.1. The molecule has 0 fully saturated rings. The Hall–Kier alpha value is -3.07. The van der Waals surface area contributed by atoms with Crippen LogP contribution in [0.3, 0.4) is 0 Å². The van der Waals surface area contributed by atoms with Crippen LogP contribution >= 0.6 is 11.3 Å². The van der Waals surface area contributed by atoms with Crippen molar-refractivity contribution >= 4 is 48.8 Å². The predicted octanol–water partition coefficient (Wildman–Crippen LogP) is 3.99. The Bertz CT molecular complexity index is 1600. The van der Waals surface area contributed by atoms with Crippen molar-refractivity contribution < 1.29 is 22.1 Å². The summed E-state index contributed by atoms with van der Waals surface area (Å²) in [6.07, 6.45) is 0.405. The Balaban J connectivity index is 1.58. The van der Waals surface area contributed by atoms with Gasteiger partial charge in [-0.1, -0.05) is 17.4 Å². The lowest BCUT2D eigenvalue weighted by atomic mass is 10.0. The molecule has 0 unspecified atom stereocenters. The van der Waals surface area contributed by atoms with Gasteiger partial charge in [-0.3, -0.25) is 0 Å². The van der Waals surface area contributed by atoms with Crippen molar-refractivity contribution in [2.24, 2.45) is 7.05 Å². The lowest BCUT2D eigenvalue weighted by Gasteiger charge is -2.13. The van der Waals surface area contributed by atoms with E-state index >= 15 is 0 Å². The minimum absolute atomic E-state index is 0.0857. The second kappa shape index (κ2) is 8.01. The van der Waals surface area contributed by atoms with Gasteiger partial charge in [-0.25, -0.2) is 8.42 Å². The van der Waals surface area contributed by atoms with E-state index < -0.39 is 10.1 Å². The SMILES string of the molecule is Cc1ccc2c(c1S(=O)(=O)[O-])CC(c1ccc3sc(-c4ccc(N(C)C)cc4)[n+](C)c3c1)=[N+]2C. The van der Waals surface area contributed by atoms with Crippen molar-refractivity contribution in [1.82, 2.24) is 0 Å². The molecule has 174 valence electrons. The summed E-state index contributed by atoms with van der Waals surface area (Å²) >= 11 is 1.74. The fourth-order valence-electron chi connectivity index (χ4n) is 4.78. The number of aryl methyl sites for hydroxylation is 2. The summed E-state index contributed by atoms with van der Waals surface area (Å²) in [6, 6.07) is 18.5. The normalized spacial score (nSPS) is 13.6. The quantitative estimate of drug-likeness (QED) is 0.319. The second-order valence-electron chi connectivity index (χ2n) is 8.94. The molecule has 4 aromatic rings. The second-order valence-corrected chi connectivity index (χ2v) is 11.3. The fourth-order valence-corrected chi connectivity index (χ4v) is 6.85. The third-order valence-electron chi connectivity index (χ3n) is 6.59. The molecule has 6 nitrogen and oxygen atoms in total. The third-order valence-corrected chi connectivity index (χ3v) is 8.92. The molecular weight excluding hydrogens is 466 g/mol. The van der Waals surface area contributed by atoms with Gasteiger partial charge in [0.25, 0.3) is 5.01 Å². The van der Waals surface area contributed by atoms with Crippen molar-refractivity contribution in [3.8, 4) is 10.6 Å². The van der Waals surface area contributed by atoms with Crippen LogP contribution in [0, 0.1) is 6.92 Å². The summed E-state index contributed by atoms with van der Waals surface area (Å²) < 4.78 is 41.3. The predicted molar refractivity (Wildman–Crippen MR) is 136 cm³/mol. The zero-order valence-electron chi connectivity index (χ0n) is 19.8. The summed E-state index contributed by atoms with van der Waals surface area (Å²) in [6.45, 7) is 1.67. The number of thiazole rings is 1. The lowest BCUT2D eigenvalue weighted by Crippen LogP contribution is -2.28. The molecule has 0 amide bonds. The van der Waals surface area contributed by atoms with Crippen LogP contribution in [0.2, 0.25) is 0 Å². The summed E-state index contributed by atoms with van der Waals surface area (Å²) in [5.74, 6) is 0. The molecule has 0 saturated heterocycles. The van der Waals surface area contributed by atoms with Crippen LogP contribution in [0.5, 0.6) is 0 Å². The smallest absolute Gasteiger partial charge is 0.269 e. The van der Waals surface area contributed by atoms with E-state index in [0.29, 0.717) is 17.5 Å². The van der Waals surface area contributed by atoms with Crippen molar-refractivity contribution in [2.45, 2.75) is 18.2 Å². The van der Waals surface area contributed by atoms with E-state index in [2.05, 4.69) is 59.0 Å². The molecule has 1 aliphatic heterocycles. The highest BCUT2D eigenvalue weighted by Gasteiger charge is 2.33. The maximum Gasteiger partial charge on any atom is 0.269 e. The van der Waals surface area contributed by atoms with Crippen molar-refractivity contribution in [1.29, 1.82) is 0 Å². The maximum absolute atomic E-state index is 12.0. The van der Waals surface area contributed by atoms with Gasteiger partial charge < -0.3 is 9.45 Å². The van der Waals surface area contributed by atoms with Gasteiger partial charge in [0, 0.05) is 37.5 Å². The number of rotatable bonds is 4. The number of fused-ring (bicyclic) bond motifs is 2. The topological polar surface area (TPSA) is 67.3 Å². The molecule has 2 heterocycles. The van der Waals surface area contributed by atoms with Crippen molar-refractivity contribution in [2.75, 3.05) is 26.0 Å². The molecule has 0 atom stereocenters. The number of hydrogen-bond donors (Lipinski definition) is 0. The molecule has 0 saturated carbocycles. The minimum atomic E-state index is -4.56. The zero-order chi connectivity index (χ0) is 24.4. The average Bonchev–Trinajstić information content (AvgIpc) is 3.29. The van der Waals surface area contributed by atoms with E-state index in [-0.39, 0.29) is 4.90 Å². The van der Waals surface area contributed by atoms with E-state index in [1.54, 1.807) is 24.3 Å². The monoisotopic (exact) mass is 492 g/mol. The van der Waals surface area contributed by atoms with Gasteiger partial charge in [-0.15, -0.1) is 0 Å². The first-order valence-corrected chi connectivity index (χ1v) is 13.2. The highest BCUT2D eigenvalue weighted by Crippen LogP contribution is 2.36. The molecule has 3 aromatic carbocycles. The standard InChI is InChI=1S/C26H26N3O3S2/c1-16-6-12-21-20(25(16)34(30,31)32)15-22(28(21)4)18-9-13-24-23(14-18)29(5)26(33-24)17-7-10-19(11-8-17)27(2)3/h6-14H,15H2,1-5H3/q+1. The Morgan fingerprint density at radius 1 is 0.971 bits per heavy atom. The van der Waals surface area contributed by atoms with E-state index in [0.717, 1.165) is 33.7 Å². The van der Waals surface area contributed by atoms with Crippen LogP contribution in [-0.4, -0.2) is 44.4 Å². The van der Waals surface area contributed by atoms with Crippen LogP contribution in [0.25, 0.3) is 20.8 Å². The first-order valence-electron chi connectivity index (χ1n) is 10.9. The van der Waals surface area contributed by atoms with Gasteiger partial charge in [0.1, 0.15) is 28.9 Å². The van der Waals surface area contributed by atoms with Gasteiger partial charge in [0.15, 0.2) is 5.71 Å². The number of benzene rings is 3. The first kappa shape index (κ1) is 22.7. The highest BCUT2D eigenvalue weighted by molar-refractivity contribution is 7.85. The minimum Gasteiger partial charge on any atom is -0.744 e. The number of nitrogens with zero attached hydrogens (tertiary/aromatic N) is 3. The molecule has 1 aliphatic rings. The van der Waals surface area contributed by atoms with Gasteiger partial charge in [0.2, 0.25) is 11.2 Å². The molecule has 0 bridgehead atoms. The Labute approximate surface area is 203 Å². The van der Waals surface area contributed by atoms with E-state index in [1.807, 2.05) is 31.8 Å². The van der Waals surface area contributed by atoms with Gasteiger partial charge in [0.05, 0.1) is 22.4 Å². The van der Waals surface area contributed by atoms with Gasteiger partial charge >= 0.3 is 0 Å². The van der Waals surface area contributed by atoms with Crippen LogP contribution < -0.4 is 9.47 Å². The molecule has 0 N–H and O–H groups in total. The molecule has 0 spiro atoms. The number of aromatic nitrogens is 1. The molecule has 0 radical (unpaired) electrons. The molecule has 8 heteroatoms. The summed E-state index contributed by atoms with van der Waals surface area (Å²) in [5.41, 5.74) is 7.28. The molecule has 34 heavy (non-hydrogen) atoms. The van der Waals surface area contributed by atoms with Crippen LogP contribution in [0.4, 0.5) is 11.4 Å². The lowest BCUT2D eigenvalue weighted by molar-refractivity contribution is -0.629. The van der Waals surface area contributed by atoms with Crippen molar-refractivity contribution in [3.05, 3.63) is 71.3 Å². The van der Waals surface area contributed by atoms with Gasteiger partial charge in [-0.05, 0) is 48.9 Å². The van der Waals surface area contributed by atoms with E-state index in [9.17, 15) is 13.0 Å². The molecular formula is C26H26N3O3S2+. The van der Waals surface area contributed by atoms with Crippen LogP contribution in [0.15, 0.2) is 59.5 Å². The third kappa shape index (κ3) is 3.62. The Morgan fingerprint density at radius 2 is 1.65 bits per heavy atom. The molecule has 0 aliphatic carbocycles. The van der Waals surface area contributed by atoms with Crippen LogP contribution in [0.1, 0.15) is 16.7 Å². The number of hydrogen-bond acceptors (Lipinski definition) is 5. The van der Waals surface area contributed by atoms with Gasteiger partial charge in [-0.2, -0.15) is 9.14 Å². The number of anilines is 1.